The first-order valence-electron chi connectivity index (χ1n) is 16.2. The number of phenols is 1. The van der Waals surface area contributed by atoms with E-state index in [2.05, 4.69) is 26.6 Å². The summed E-state index contributed by atoms with van der Waals surface area (Å²) in [4.78, 5) is 65.1. The van der Waals surface area contributed by atoms with Crippen LogP contribution in [0.1, 0.15) is 97.9 Å². The molecule has 12 nitrogen and oxygen atoms in total. The van der Waals surface area contributed by atoms with Gasteiger partial charge in [-0.3, -0.25) is 24.0 Å². The Hall–Kier alpha value is -3.74. The topological polar surface area (TPSA) is 186 Å². The number of hydrogen-bond donors (Lipinski definition) is 7. The van der Waals surface area contributed by atoms with E-state index < -0.39 is 59.7 Å². The minimum Gasteiger partial charge on any atom is -0.508 e. The fourth-order valence-corrected chi connectivity index (χ4v) is 4.92. The van der Waals surface area contributed by atoms with Crippen LogP contribution in [-0.4, -0.2) is 76.6 Å². The molecule has 260 valence electrons. The second-order valence-electron chi connectivity index (χ2n) is 12.6. The van der Waals surface area contributed by atoms with Gasteiger partial charge in [0, 0.05) is 12.6 Å². The minimum absolute atomic E-state index is 0.0336. The molecule has 6 atom stereocenters. The maximum absolute atomic E-state index is 14.3. The van der Waals surface area contributed by atoms with E-state index in [4.69, 9.17) is 0 Å². The summed E-state index contributed by atoms with van der Waals surface area (Å²) in [5, 5.41) is 33.9. The lowest BCUT2D eigenvalue weighted by atomic mass is 9.95. The fraction of sp³-hybridized carbons (Fsp3) is 0.667. The van der Waals surface area contributed by atoms with E-state index >= 15 is 0 Å². The maximum Gasteiger partial charge on any atom is 0.254 e. The molecule has 1 rings (SSSR count). The molecule has 0 unspecified atom stereocenters. The quantitative estimate of drug-likeness (QED) is 0.120. The van der Waals surface area contributed by atoms with Crippen molar-refractivity contribution < 1.29 is 38.6 Å². The van der Waals surface area contributed by atoms with E-state index in [1.807, 2.05) is 27.7 Å². The zero-order chi connectivity index (χ0) is 35.1. The van der Waals surface area contributed by atoms with Gasteiger partial charge in [0.1, 0.15) is 29.7 Å². The van der Waals surface area contributed by atoms with Crippen LogP contribution < -0.4 is 26.6 Å². The molecule has 1 aromatic rings. The summed E-state index contributed by atoms with van der Waals surface area (Å²) in [5.41, 5.74) is -0.345. The molecule has 46 heavy (non-hydrogen) atoms. The third-order valence-electron chi connectivity index (χ3n) is 7.72. The van der Waals surface area contributed by atoms with Crippen molar-refractivity contribution in [3.63, 3.8) is 0 Å². The third kappa shape index (κ3) is 12.9. The minimum atomic E-state index is -1.28. The number of hydrogen-bond acceptors (Lipinski definition) is 7. The number of likely N-dealkylation sites (N-methyl/N-ethyl adjacent to an activating group) is 1. The average Bonchev–Trinajstić information content (AvgIpc) is 2.97. The normalized spacial score (nSPS) is 15.2. The number of amides is 5. The summed E-state index contributed by atoms with van der Waals surface area (Å²) >= 11 is 0. The van der Waals surface area contributed by atoms with Crippen molar-refractivity contribution in [2.24, 2.45) is 17.8 Å². The third-order valence-corrected chi connectivity index (χ3v) is 7.72. The smallest absolute Gasteiger partial charge is 0.254 e. The van der Waals surface area contributed by atoms with E-state index in [1.54, 1.807) is 27.7 Å². The van der Waals surface area contributed by atoms with Crippen LogP contribution in [-0.2, 0) is 19.2 Å². The second kappa shape index (κ2) is 19.7. The summed E-state index contributed by atoms with van der Waals surface area (Å²) in [6.07, 6.45) is -0.0450. The Labute approximate surface area is 272 Å². The first-order valence-corrected chi connectivity index (χ1v) is 16.2. The van der Waals surface area contributed by atoms with Crippen LogP contribution >= 0.6 is 0 Å². The molecule has 0 fully saturated rings. The number of halogens is 1. The Kier molecular flexibility index (Phi) is 17.3. The van der Waals surface area contributed by atoms with Gasteiger partial charge >= 0.3 is 0 Å². The van der Waals surface area contributed by atoms with E-state index in [1.165, 1.54) is 0 Å². The van der Waals surface area contributed by atoms with E-state index in [0.29, 0.717) is 25.8 Å². The lowest BCUT2D eigenvalue weighted by Gasteiger charge is -2.30. The van der Waals surface area contributed by atoms with Crippen molar-refractivity contribution in [1.29, 1.82) is 0 Å². The van der Waals surface area contributed by atoms with Crippen molar-refractivity contribution in [2.75, 3.05) is 6.54 Å². The molecule has 0 aliphatic carbocycles. The Morgan fingerprint density at radius 2 is 1.50 bits per heavy atom. The van der Waals surface area contributed by atoms with Crippen LogP contribution in [0.25, 0.3) is 0 Å². The molecule has 0 heterocycles. The predicted molar refractivity (Wildman–Crippen MR) is 173 cm³/mol. The number of aliphatic hydroxyl groups excluding tert-OH is 1. The van der Waals surface area contributed by atoms with Gasteiger partial charge in [0.2, 0.25) is 23.6 Å². The zero-order valence-electron chi connectivity index (χ0n) is 28.4. The number of carbonyl (C=O) groups is 5. The Balaban J connectivity index is 3.09. The lowest BCUT2D eigenvalue weighted by molar-refractivity contribution is -0.133. The van der Waals surface area contributed by atoms with Gasteiger partial charge in [-0.15, -0.1) is 0 Å². The van der Waals surface area contributed by atoms with Gasteiger partial charge in [0.25, 0.3) is 5.91 Å². The Morgan fingerprint density at radius 1 is 0.848 bits per heavy atom. The molecule has 1 aromatic carbocycles. The number of aliphatic hydroxyl groups is 1. The van der Waals surface area contributed by atoms with Gasteiger partial charge in [-0.1, -0.05) is 61.3 Å². The van der Waals surface area contributed by atoms with Gasteiger partial charge in [0.15, 0.2) is 0 Å². The van der Waals surface area contributed by atoms with Crippen molar-refractivity contribution in [2.45, 2.75) is 118 Å². The highest BCUT2D eigenvalue weighted by Crippen LogP contribution is 2.17. The van der Waals surface area contributed by atoms with Crippen LogP contribution in [0, 0.1) is 23.6 Å². The Bertz CT molecular complexity index is 1180. The molecular weight excluding hydrogens is 597 g/mol. The molecule has 0 saturated carbocycles. The molecule has 0 spiro atoms. The largest absolute Gasteiger partial charge is 0.508 e. The Morgan fingerprint density at radius 3 is 2.02 bits per heavy atom. The summed E-state index contributed by atoms with van der Waals surface area (Å²) in [5.74, 6) is -4.76. The van der Waals surface area contributed by atoms with Crippen LogP contribution in [0.15, 0.2) is 18.2 Å². The van der Waals surface area contributed by atoms with E-state index in [-0.39, 0.29) is 47.8 Å². The standard InChI is InChI=1S/C33H54FN5O7/c1-9-12-24(36-33(46)29(20(8)10-2)39-30(43)22-14-13-21(40)16-23(22)34)31(44)37-25(15-18(4)5)26(41)17-27(42)38-28(19(6)7)32(45)35-11-3/h13-14,16,18-20,24-26,28-29,40-41H,9-12,15,17H2,1-8H3,(H,35,45)(H,36,46)(H,37,44)(H,38,42)(H,39,43)/t20-,24-,25-,26-,28-,29-/m0/s1. The number of rotatable bonds is 19. The number of nitrogens with one attached hydrogen (secondary N) is 5. The maximum atomic E-state index is 14.3. The highest BCUT2D eigenvalue weighted by Gasteiger charge is 2.33. The van der Waals surface area contributed by atoms with Gasteiger partial charge in [-0.05, 0) is 49.7 Å². The SMILES string of the molecule is CCC[C@H](NC(=O)[C@@H](NC(=O)c1ccc(O)cc1F)[C@@H](C)CC)C(=O)N[C@@H](CC(C)C)[C@@H](O)CC(=O)N[C@H](C(=O)NCC)C(C)C. The van der Waals surface area contributed by atoms with Crippen molar-refractivity contribution in [1.82, 2.24) is 26.6 Å². The molecule has 13 heteroatoms. The molecule has 0 aliphatic rings. The molecule has 0 radical (unpaired) electrons. The summed E-state index contributed by atoms with van der Waals surface area (Å²) < 4.78 is 14.3. The van der Waals surface area contributed by atoms with Crippen molar-refractivity contribution >= 4 is 29.5 Å². The van der Waals surface area contributed by atoms with Crippen molar-refractivity contribution in [3.8, 4) is 5.75 Å². The van der Waals surface area contributed by atoms with Crippen molar-refractivity contribution in [3.05, 3.63) is 29.6 Å². The molecule has 0 aromatic heterocycles. The molecular formula is C33H54FN5O7. The lowest BCUT2D eigenvalue weighted by Crippen LogP contribution is -2.58. The molecule has 0 bridgehead atoms. The van der Waals surface area contributed by atoms with Gasteiger partial charge < -0.3 is 36.8 Å². The second-order valence-corrected chi connectivity index (χ2v) is 12.6. The monoisotopic (exact) mass is 651 g/mol. The zero-order valence-corrected chi connectivity index (χ0v) is 28.4. The summed E-state index contributed by atoms with van der Waals surface area (Å²) in [6, 6.07) is -0.669. The number of aromatic hydroxyl groups is 1. The molecule has 0 saturated heterocycles. The van der Waals surface area contributed by atoms with Crippen LogP contribution in [0.3, 0.4) is 0 Å². The number of benzene rings is 1. The van der Waals surface area contributed by atoms with Crippen LogP contribution in [0.4, 0.5) is 4.39 Å². The summed E-state index contributed by atoms with van der Waals surface area (Å²) in [7, 11) is 0. The van der Waals surface area contributed by atoms with Gasteiger partial charge in [-0.2, -0.15) is 0 Å². The number of phenolic OH excluding ortho intramolecular Hbond substituents is 1. The van der Waals surface area contributed by atoms with Gasteiger partial charge in [-0.25, -0.2) is 4.39 Å². The van der Waals surface area contributed by atoms with E-state index in [9.17, 15) is 38.6 Å². The van der Waals surface area contributed by atoms with Crippen LogP contribution in [0.5, 0.6) is 5.75 Å². The number of carbonyl (C=O) groups excluding carboxylic acids is 5. The molecule has 7 N–H and O–H groups in total. The fourth-order valence-electron chi connectivity index (χ4n) is 4.92. The first-order chi connectivity index (χ1) is 21.6. The highest BCUT2D eigenvalue weighted by molar-refractivity contribution is 5.98. The van der Waals surface area contributed by atoms with E-state index in [0.717, 1.165) is 18.2 Å². The average molecular weight is 652 g/mol. The highest BCUT2D eigenvalue weighted by atomic mass is 19.1. The summed E-state index contributed by atoms with van der Waals surface area (Å²) in [6.45, 7) is 15.0. The predicted octanol–water partition coefficient (Wildman–Crippen LogP) is 2.52. The van der Waals surface area contributed by atoms with Gasteiger partial charge in [0.05, 0.1) is 24.1 Å². The molecule has 0 aliphatic heterocycles. The first kappa shape index (κ1) is 40.3. The van der Waals surface area contributed by atoms with Crippen LogP contribution in [0.2, 0.25) is 0 Å². The molecule has 5 amide bonds.